The van der Waals surface area contributed by atoms with E-state index in [1.54, 1.807) is 31.2 Å². The monoisotopic (exact) mass is 558 g/mol. The number of fused-ring (bicyclic) bond motifs is 1. The van der Waals surface area contributed by atoms with Gasteiger partial charge in [-0.15, -0.1) is 0 Å². The first-order valence-electron chi connectivity index (χ1n) is 14.0. The van der Waals surface area contributed by atoms with Crippen molar-refractivity contribution in [2.45, 2.75) is 89.8 Å². The molecule has 3 fully saturated rings. The van der Waals surface area contributed by atoms with Gasteiger partial charge < -0.3 is 19.9 Å². The minimum absolute atomic E-state index is 0.0232. The highest BCUT2D eigenvalue weighted by molar-refractivity contribution is 5.98. The normalized spacial score (nSPS) is 25.7. The number of aliphatic hydroxyl groups excluding tert-OH is 1. The first-order chi connectivity index (χ1) is 19.2. The van der Waals surface area contributed by atoms with E-state index in [4.69, 9.17) is 9.47 Å². The van der Waals surface area contributed by atoms with Crippen LogP contribution in [0.25, 0.3) is 0 Å². The summed E-state index contributed by atoms with van der Waals surface area (Å²) in [7, 11) is 0. The van der Waals surface area contributed by atoms with Crippen molar-refractivity contribution in [1.82, 2.24) is 15.3 Å². The molecule has 12 heteroatoms. The first-order valence-corrected chi connectivity index (χ1v) is 14.0. The van der Waals surface area contributed by atoms with Gasteiger partial charge in [0, 0.05) is 50.1 Å². The Kier molecular flexibility index (Phi) is 9.88. The predicted octanol–water partition coefficient (Wildman–Crippen LogP) is 1.73. The Morgan fingerprint density at radius 3 is 2.77 bits per heavy atom. The molecule has 1 aromatic carbocycles. The van der Waals surface area contributed by atoms with Crippen molar-refractivity contribution >= 4 is 35.2 Å². The second-order valence-electron chi connectivity index (χ2n) is 10.5. The number of nitrogens with one attached hydrogen (secondary N) is 2. The van der Waals surface area contributed by atoms with E-state index in [0.29, 0.717) is 56.5 Å². The van der Waals surface area contributed by atoms with Crippen LogP contribution < -0.4 is 10.6 Å². The van der Waals surface area contributed by atoms with Crippen molar-refractivity contribution in [2.75, 3.05) is 18.5 Å². The largest absolute Gasteiger partial charge is 0.434 e. The van der Waals surface area contributed by atoms with Crippen molar-refractivity contribution in [2.24, 2.45) is 5.92 Å². The van der Waals surface area contributed by atoms with Gasteiger partial charge in [-0.25, -0.2) is 5.01 Å². The van der Waals surface area contributed by atoms with Crippen LogP contribution in [0.5, 0.6) is 0 Å². The molecule has 0 saturated carbocycles. The molecule has 4 rings (SSSR count). The van der Waals surface area contributed by atoms with Crippen LogP contribution in [-0.4, -0.2) is 82.4 Å². The quantitative estimate of drug-likeness (QED) is 0.209. The number of aliphatic hydroxyl groups is 1. The highest BCUT2D eigenvalue weighted by atomic mass is 16.7. The summed E-state index contributed by atoms with van der Waals surface area (Å²) in [6.07, 6.45) is 0.715. The van der Waals surface area contributed by atoms with Gasteiger partial charge >= 0.3 is 5.97 Å². The minimum Gasteiger partial charge on any atom is -0.434 e. The van der Waals surface area contributed by atoms with Crippen molar-refractivity contribution in [3.8, 4) is 0 Å². The summed E-state index contributed by atoms with van der Waals surface area (Å²) in [6, 6.07) is 5.44. The number of cyclic esters (lactones) is 1. The molecule has 3 saturated heterocycles. The lowest BCUT2D eigenvalue weighted by Crippen LogP contribution is -2.64. The number of esters is 1. The van der Waals surface area contributed by atoms with Crippen molar-refractivity contribution in [3.63, 3.8) is 0 Å². The zero-order valence-electron chi connectivity index (χ0n) is 23.0. The molecule has 3 aliphatic heterocycles. The molecule has 3 unspecified atom stereocenters. The van der Waals surface area contributed by atoms with E-state index in [2.05, 4.69) is 10.6 Å². The van der Waals surface area contributed by atoms with E-state index in [0.717, 1.165) is 0 Å². The topological polar surface area (TPSA) is 155 Å². The van der Waals surface area contributed by atoms with Crippen LogP contribution in [0.1, 0.15) is 75.6 Å². The SMILES string of the molecule is CCOC1OC(=O)C[C@@H]1NC(O)[C@@H]1CCCN2C(=O)CCC(CCCC(=O)c3cccc(NC(C)=O)c3)C(=O)N12. The van der Waals surface area contributed by atoms with Gasteiger partial charge in [0.15, 0.2) is 5.78 Å². The van der Waals surface area contributed by atoms with Crippen molar-refractivity contribution in [1.29, 1.82) is 0 Å². The molecule has 0 bridgehead atoms. The van der Waals surface area contributed by atoms with Crippen LogP contribution in [0.3, 0.4) is 0 Å². The Morgan fingerprint density at radius 2 is 2.02 bits per heavy atom. The fraction of sp³-hybridized carbons (Fsp3) is 0.607. The summed E-state index contributed by atoms with van der Waals surface area (Å²) in [5.41, 5.74) is 1.02. The number of nitrogens with zero attached hydrogens (tertiary/aromatic N) is 2. The van der Waals surface area contributed by atoms with E-state index in [1.807, 2.05) is 0 Å². The van der Waals surface area contributed by atoms with E-state index >= 15 is 0 Å². The molecule has 0 aliphatic carbocycles. The Morgan fingerprint density at radius 1 is 1.23 bits per heavy atom. The fourth-order valence-corrected chi connectivity index (χ4v) is 5.63. The maximum atomic E-state index is 13.8. The zero-order valence-corrected chi connectivity index (χ0v) is 23.0. The molecule has 0 aromatic heterocycles. The van der Waals surface area contributed by atoms with Crippen LogP contribution >= 0.6 is 0 Å². The van der Waals surface area contributed by atoms with Gasteiger partial charge in [0.05, 0.1) is 18.5 Å². The molecule has 12 nitrogen and oxygen atoms in total. The zero-order chi connectivity index (χ0) is 28.8. The molecule has 3 N–H and O–H groups in total. The molecule has 3 amide bonds. The smallest absolute Gasteiger partial charge is 0.309 e. The number of hydrogen-bond donors (Lipinski definition) is 3. The number of anilines is 1. The number of hydrazine groups is 1. The number of ketones is 1. The predicted molar refractivity (Wildman–Crippen MR) is 142 cm³/mol. The molecule has 0 radical (unpaired) electrons. The second-order valence-corrected chi connectivity index (χ2v) is 10.5. The van der Waals surface area contributed by atoms with Gasteiger partial charge in [-0.05, 0) is 51.2 Å². The molecule has 40 heavy (non-hydrogen) atoms. The number of benzene rings is 1. The van der Waals surface area contributed by atoms with E-state index in [1.165, 1.54) is 16.9 Å². The molecule has 0 spiro atoms. The number of ether oxygens (including phenoxy) is 2. The Labute approximate surface area is 233 Å². The maximum Gasteiger partial charge on any atom is 0.309 e. The average molecular weight is 559 g/mol. The molecule has 218 valence electrons. The molecule has 1 aromatic rings. The van der Waals surface area contributed by atoms with E-state index < -0.39 is 36.5 Å². The Balaban J connectivity index is 1.40. The minimum atomic E-state index is -1.21. The number of rotatable bonds is 11. The molecular weight excluding hydrogens is 520 g/mol. The number of Topliss-reactive ketones (excluding diaryl/α,β-unsaturated/α-hetero) is 1. The van der Waals surface area contributed by atoms with Crippen LogP contribution in [0.15, 0.2) is 24.3 Å². The second kappa shape index (κ2) is 13.3. The van der Waals surface area contributed by atoms with Gasteiger partial charge in [0.1, 0.15) is 6.23 Å². The van der Waals surface area contributed by atoms with Gasteiger partial charge in [0.2, 0.25) is 24.0 Å². The van der Waals surface area contributed by atoms with Gasteiger partial charge in [0.25, 0.3) is 0 Å². The molecule has 3 heterocycles. The summed E-state index contributed by atoms with van der Waals surface area (Å²) in [6.45, 7) is 3.88. The van der Waals surface area contributed by atoms with Gasteiger partial charge in [-0.2, -0.15) is 0 Å². The third-order valence-corrected chi connectivity index (χ3v) is 7.52. The lowest BCUT2D eigenvalue weighted by molar-refractivity contribution is -0.184. The standard InChI is InChI=1S/C28H38N4O8/c1-3-39-28-21(16-25(36)40-28)30-26(37)22-10-6-14-31-24(35)13-12-18(27(38)32(22)31)7-5-11-23(34)19-8-4-9-20(15-19)29-17(2)33/h4,8-9,15,18,21-22,26,28,30,37H,3,5-7,10-14,16H2,1-2H3,(H,29,33)/t18?,21-,22-,26?,28?/m0/s1. The summed E-state index contributed by atoms with van der Waals surface area (Å²) in [5, 5.41) is 19.6. The third kappa shape index (κ3) is 7.04. The molecular formula is C28H38N4O8. The number of carbonyl (C=O) groups excluding carboxylic acids is 5. The number of carbonyl (C=O) groups is 5. The summed E-state index contributed by atoms with van der Waals surface area (Å²) < 4.78 is 10.6. The maximum absolute atomic E-state index is 13.8. The van der Waals surface area contributed by atoms with Crippen molar-refractivity contribution < 1.29 is 38.6 Å². The van der Waals surface area contributed by atoms with Crippen LogP contribution in [-0.2, 0) is 28.7 Å². The summed E-state index contributed by atoms with van der Waals surface area (Å²) >= 11 is 0. The van der Waals surface area contributed by atoms with Crippen LogP contribution in [0.2, 0.25) is 0 Å². The van der Waals surface area contributed by atoms with E-state index in [-0.39, 0.29) is 42.8 Å². The summed E-state index contributed by atoms with van der Waals surface area (Å²) in [4.78, 5) is 62.7. The van der Waals surface area contributed by atoms with Gasteiger partial charge in [-0.3, -0.25) is 34.3 Å². The highest BCUT2D eigenvalue weighted by Crippen LogP contribution is 2.31. The van der Waals surface area contributed by atoms with Crippen LogP contribution in [0.4, 0.5) is 5.69 Å². The lowest BCUT2D eigenvalue weighted by Gasteiger charge is -2.46. The lowest BCUT2D eigenvalue weighted by atomic mass is 9.93. The number of amides is 3. The van der Waals surface area contributed by atoms with Gasteiger partial charge in [-0.1, -0.05) is 12.1 Å². The Bertz CT molecular complexity index is 1130. The third-order valence-electron chi connectivity index (χ3n) is 7.52. The molecule has 5 atom stereocenters. The average Bonchev–Trinajstić information content (AvgIpc) is 3.21. The number of hydrogen-bond acceptors (Lipinski definition) is 9. The molecule has 3 aliphatic rings. The van der Waals surface area contributed by atoms with E-state index in [9.17, 15) is 29.1 Å². The van der Waals surface area contributed by atoms with Crippen molar-refractivity contribution in [3.05, 3.63) is 29.8 Å². The summed E-state index contributed by atoms with van der Waals surface area (Å²) in [5.74, 6) is -1.67. The highest BCUT2D eigenvalue weighted by Gasteiger charge is 2.45. The Hall–Kier alpha value is -3.35. The first kappa shape index (κ1) is 29.6. The van der Waals surface area contributed by atoms with Crippen LogP contribution in [0, 0.1) is 5.92 Å². The fourth-order valence-electron chi connectivity index (χ4n) is 5.63.